The molecule has 0 fully saturated rings. The van der Waals surface area contributed by atoms with Gasteiger partial charge in [0.15, 0.2) is 0 Å². The predicted molar refractivity (Wildman–Crippen MR) is 114 cm³/mol. The van der Waals surface area contributed by atoms with Gasteiger partial charge in [-0.15, -0.1) is 11.8 Å². The second kappa shape index (κ2) is 9.65. The molecule has 1 amide bonds. The van der Waals surface area contributed by atoms with Crippen molar-refractivity contribution in [1.82, 2.24) is 4.31 Å². The Morgan fingerprint density at radius 2 is 1.79 bits per heavy atom. The van der Waals surface area contributed by atoms with Gasteiger partial charge in [0.1, 0.15) is 5.75 Å². The van der Waals surface area contributed by atoms with Gasteiger partial charge in [-0.25, -0.2) is 8.42 Å². The number of thioether (sulfide) groups is 1. The molecule has 0 saturated carbocycles. The Morgan fingerprint density at radius 1 is 1.18 bits per heavy atom. The van der Waals surface area contributed by atoms with Crippen LogP contribution >= 0.6 is 23.4 Å². The number of rotatable bonds is 8. The van der Waals surface area contributed by atoms with Crippen molar-refractivity contribution in [3.63, 3.8) is 0 Å². The molecular weight excluding hydrogens is 420 g/mol. The monoisotopic (exact) mass is 442 g/mol. The highest BCUT2D eigenvalue weighted by molar-refractivity contribution is 8.00. The Bertz CT molecular complexity index is 929. The number of nitrogens with one attached hydrogen (secondary N) is 1. The summed E-state index contributed by atoms with van der Waals surface area (Å²) in [6, 6.07) is 11.0. The number of anilines is 1. The molecule has 2 aromatic carbocycles. The summed E-state index contributed by atoms with van der Waals surface area (Å²) in [5.41, 5.74) is 0.0572. The molecule has 28 heavy (non-hydrogen) atoms. The molecule has 152 valence electrons. The van der Waals surface area contributed by atoms with Crippen LogP contribution in [-0.4, -0.2) is 42.1 Å². The minimum absolute atomic E-state index is 0.0160. The smallest absolute Gasteiger partial charge is 0.243 e. The molecule has 6 nitrogen and oxygen atoms in total. The van der Waals surface area contributed by atoms with Gasteiger partial charge in [-0.3, -0.25) is 4.79 Å². The zero-order chi connectivity index (χ0) is 20.9. The Hall–Kier alpha value is -1.74. The molecular formula is C19H23ClN2O4S2. The number of nitrogens with zero attached hydrogens (tertiary/aromatic N) is 1. The lowest BCUT2D eigenvalue weighted by Crippen LogP contribution is -2.30. The molecule has 2 rings (SSSR count). The number of halogens is 1. The van der Waals surface area contributed by atoms with Gasteiger partial charge in [-0.05, 0) is 49.4 Å². The van der Waals surface area contributed by atoms with Crippen LogP contribution in [-0.2, 0) is 14.8 Å². The van der Waals surface area contributed by atoms with E-state index < -0.39 is 15.3 Å². The van der Waals surface area contributed by atoms with Gasteiger partial charge in [0, 0.05) is 23.0 Å². The third-order valence-corrected chi connectivity index (χ3v) is 7.47. The first-order valence-electron chi connectivity index (χ1n) is 8.75. The highest BCUT2D eigenvalue weighted by Gasteiger charge is 2.23. The summed E-state index contributed by atoms with van der Waals surface area (Å²) in [6.07, 6.45) is 0. The largest absolute Gasteiger partial charge is 0.506 e. The van der Waals surface area contributed by atoms with Crippen LogP contribution in [0.3, 0.4) is 0 Å². The Kier molecular flexibility index (Phi) is 7.77. The van der Waals surface area contributed by atoms with Crippen LogP contribution in [0.2, 0.25) is 5.02 Å². The molecule has 2 aromatic rings. The van der Waals surface area contributed by atoms with E-state index in [-0.39, 0.29) is 22.2 Å². The topological polar surface area (TPSA) is 86.7 Å². The van der Waals surface area contributed by atoms with E-state index in [0.717, 1.165) is 4.90 Å². The van der Waals surface area contributed by atoms with Crippen molar-refractivity contribution in [3.8, 4) is 5.75 Å². The van der Waals surface area contributed by atoms with Crippen molar-refractivity contribution in [3.05, 3.63) is 47.5 Å². The Morgan fingerprint density at radius 3 is 2.36 bits per heavy atom. The van der Waals surface area contributed by atoms with Gasteiger partial charge in [0.2, 0.25) is 15.9 Å². The molecule has 0 spiro atoms. The van der Waals surface area contributed by atoms with E-state index in [1.807, 2.05) is 12.1 Å². The lowest BCUT2D eigenvalue weighted by molar-refractivity contribution is -0.115. The summed E-state index contributed by atoms with van der Waals surface area (Å²) in [7, 11) is -3.70. The van der Waals surface area contributed by atoms with Crippen molar-refractivity contribution < 1.29 is 18.3 Å². The quantitative estimate of drug-likeness (QED) is 0.472. The molecule has 1 unspecified atom stereocenters. The Balaban J connectivity index is 2.18. The predicted octanol–water partition coefficient (Wildman–Crippen LogP) is 4.20. The molecule has 0 aromatic heterocycles. The number of benzene rings is 2. The highest BCUT2D eigenvalue weighted by Crippen LogP contribution is 2.30. The summed E-state index contributed by atoms with van der Waals surface area (Å²) in [6.45, 7) is 5.88. The molecule has 0 saturated heterocycles. The van der Waals surface area contributed by atoms with Crippen LogP contribution in [0.25, 0.3) is 0 Å². The van der Waals surface area contributed by atoms with Gasteiger partial charge < -0.3 is 10.4 Å². The zero-order valence-electron chi connectivity index (χ0n) is 15.8. The second-order valence-corrected chi connectivity index (χ2v) is 9.76. The minimum atomic E-state index is -3.70. The molecule has 0 aliphatic rings. The average Bonchev–Trinajstić information content (AvgIpc) is 2.65. The minimum Gasteiger partial charge on any atom is -0.506 e. The van der Waals surface area contributed by atoms with Crippen molar-refractivity contribution >= 4 is 45.0 Å². The first-order chi connectivity index (χ1) is 13.2. The summed E-state index contributed by atoms with van der Waals surface area (Å²) < 4.78 is 26.6. The number of aromatic hydroxyl groups is 1. The molecule has 0 bridgehead atoms. The standard InChI is InChI=1S/C19H23ClN2O4S2/c1-4-22(5-2)28(25,26)16-10-11-18(23)17(12-16)21-19(24)13(3)27-15-8-6-14(20)7-9-15/h6-13,23H,4-5H2,1-3H3,(H,21,24). The first kappa shape index (κ1) is 22.5. The third kappa shape index (κ3) is 5.41. The number of hydrogen-bond donors (Lipinski definition) is 2. The number of carbonyl (C=O) groups is 1. The molecule has 0 aliphatic carbocycles. The third-order valence-electron chi connectivity index (χ3n) is 4.06. The molecule has 2 N–H and O–H groups in total. The van der Waals surface area contributed by atoms with Crippen LogP contribution in [0.4, 0.5) is 5.69 Å². The van der Waals surface area contributed by atoms with Gasteiger partial charge >= 0.3 is 0 Å². The number of phenols is 1. The summed E-state index contributed by atoms with van der Waals surface area (Å²) in [4.78, 5) is 13.4. The van der Waals surface area contributed by atoms with Gasteiger partial charge in [0.05, 0.1) is 15.8 Å². The Labute approximate surface area is 174 Å². The number of carbonyl (C=O) groups excluding carboxylic acids is 1. The summed E-state index contributed by atoms with van der Waals surface area (Å²) in [5, 5.41) is 12.8. The van der Waals surface area contributed by atoms with Crippen LogP contribution < -0.4 is 5.32 Å². The van der Waals surface area contributed by atoms with Crippen LogP contribution in [0.1, 0.15) is 20.8 Å². The van der Waals surface area contributed by atoms with Crippen LogP contribution in [0.15, 0.2) is 52.3 Å². The maximum absolute atomic E-state index is 12.7. The summed E-state index contributed by atoms with van der Waals surface area (Å²) in [5.74, 6) is -0.553. The van der Waals surface area contributed by atoms with E-state index in [1.165, 1.54) is 34.3 Å². The second-order valence-electron chi connectivity index (χ2n) is 5.97. The lowest BCUT2D eigenvalue weighted by atomic mass is 10.3. The SMILES string of the molecule is CCN(CC)S(=O)(=O)c1ccc(O)c(NC(=O)C(C)Sc2ccc(Cl)cc2)c1. The van der Waals surface area contributed by atoms with Crippen molar-refractivity contribution in [2.75, 3.05) is 18.4 Å². The van der Waals surface area contributed by atoms with Crippen LogP contribution in [0, 0.1) is 0 Å². The van der Waals surface area contributed by atoms with E-state index in [4.69, 9.17) is 11.6 Å². The number of phenolic OH excluding ortho intramolecular Hbond substituents is 1. The molecule has 9 heteroatoms. The molecule has 0 heterocycles. The normalized spacial score (nSPS) is 12.8. The average molecular weight is 443 g/mol. The number of sulfonamides is 1. The van der Waals surface area contributed by atoms with Gasteiger partial charge in [0.25, 0.3) is 0 Å². The van der Waals surface area contributed by atoms with Crippen molar-refractivity contribution in [1.29, 1.82) is 0 Å². The van der Waals surface area contributed by atoms with E-state index in [0.29, 0.717) is 18.1 Å². The summed E-state index contributed by atoms with van der Waals surface area (Å²) >= 11 is 7.19. The van der Waals surface area contributed by atoms with Crippen molar-refractivity contribution in [2.45, 2.75) is 35.8 Å². The van der Waals surface area contributed by atoms with Crippen LogP contribution in [0.5, 0.6) is 5.75 Å². The molecule has 0 aliphatic heterocycles. The maximum atomic E-state index is 12.7. The van der Waals surface area contributed by atoms with E-state index in [9.17, 15) is 18.3 Å². The van der Waals surface area contributed by atoms with E-state index in [2.05, 4.69) is 5.32 Å². The maximum Gasteiger partial charge on any atom is 0.243 e. The lowest BCUT2D eigenvalue weighted by Gasteiger charge is -2.19. The van der Waals surface area contributed by atoms with E-state index in [1.54, 1.807) is 32.9 Å². The molecule has 0 radical (unpaired) electrons. The zero-order valence-corrected chi connectivity index (χ0v) is 18.2. The molecule has 1 atom stereocenters. The number of hydrogen-bond acceptors (Lipinski definition) is 5. The fourth-order valence-electron chi connectivity index (χ4n) is 2.49. The first-order valence-corrected chi connectivity index (χ1v) is 11.4. The fourth-order valence-corrected chi connectivity index (χ4v) is 4.97. The van der Waals surface area contributed by atoms with E-state index >= 15 is 0 Å². The highest BCUT2D eigenvalue weighted by atomic mass is 35.5. The fraction of sp³-hybridized carbons (Fsp3) is 0.316. The van der Waals surface area contributed by atoms with Crippen molar-refractivity contribution in [2.24, 2.45) is 0 Å². The van der Waals surface area contributed by atoms with Gasteiger partial charge in [-0.1, -0.05) is 25.4 Å². The number of amides is 1. The van der Waals surface area contributed by atoms with Gasteiger partial charge in [-0.2, -0.15) is 4.31 Å².